The van der Waals surface area contributed by atoms with Crippen LogP contribution in [0.2, 0.25) is 0 Å². The number of nitrogens with zero attached hydrogens (tertiary/aromatic N) is 3. The molecule has 0 N–H and O–H groups in total. The van der Waals surface area contributed by atoms with E-state index in [2.05, 4.69) is 16.5 Å². The maximum atomic E-state index is 12.3. The van der Waals surface area contributed by atoms with Crippen molar-refractivity contribution in [3.05, 3.63) is 55.1 Å². The second kappa shape index (κ2) is 9.31. The molecule has 0 aliphatic rings. The van der Waals surface area contributed by atoms with Gasteiger partial charge in [-0.25, -0.2) is 13.4 Å². The van der Waals surface area contributed by atoms with Gasteiger partial charge in [0.1, 0.15) is 5.75 Å². The van der Waals surface area contributed by atoms with Gasteiger partial charge >= 0.3 is 0 Å². The Kier molecular flexibility index (Phi) is 6.47. The molecule has 4 aromatic rings. The van der Waals surface area contributed by atoms with Crippen molar-refractivity contribution in [2.24, 2.45) is 0 Å². The van der Waals surface area contributed by atoms with E-state index in [0.717, 1.165) is 52.9 Å². The highest BCUT2D eigenvalue weighted by atomic mass is 32.2. The van der Waals surface area contributed by atoms with Crippen molar-refractivity contribution in [1.29, 1.82) is 0 Å². The van der Waals surface area contributed by atoms with Gasteiger partial charge in [-0.15, -0.1) is 0 Å². The molecule has 2 aromatic carbocycles. The fourth-order valence-electron chi connectivity index (χ4n) is 4.28. The Morgan fingerprint density at radius 1 is 1.09 bits per heavy atom. The number of fused-ring (bicyclic) bond motifs is 1. The first-order valence-corrected chi connectivity index (χ1v) is 12.9. The number of hydrogen-bond acceptors (Lipinski definition) is 5. The molecule has 0 radical (unpaired) electrons. The number of benzene rings is 2. The third kappa shape index (κ3) is 4.35. The Labute approximate surface area is 194 Å². The van der Waals surface area contributed by atoms with Crippen LogP contribution in [-0.4, -0.2) is 37.9 Å². The van der Waals surface area contributed by atoms with Crippen molar-refractivity contribution in [1.82, 2.24) is 9.55 Å². The monoisotopic (exact) mass is 467 g/mol. The molecule has 0 saturated heterocycles. The number of aromatic nitrogens is 2. The summed E-state index contributed by atoms with van der Waals surface area (Å²) >= 11 is 0. The SMILES string of the molecule is CCCN(c1ccc(-c2c(-c3cnco3)c3ccc(OC)cc3n2CCC)cc1)S(C)(=O)=O. The van der Waals surface area contributed by atoms with E-state index in [1.807, 2.05) is 49.4 Å². The number of oxazole rings is 1. The number of hydrogen-bond donors (Lipinski definition) is 0. The van der Waals surface area contributed by atoms with Gasteiger partial charge in [0.25, 0.3) is 0 Å². The zero-order valence-electron chi connectivity index (χ0n) is 19.4. The molecule has 0 aliphatic carbocycles. The van der Waals surface area contributed by atoms with E-state index in [1.165, 1.54) is 17.0 Å². The summed E-state index contributed by atoms with van der Waals surface area (Å²) in [5.74, 6) is 1.47. The molecule has 0 saturated carbocycles. The Morgan fingerprint density at radius 3 is 2.42 bits per heavy atom. The third-order valence-corrected chi connectivity index (χ3v) is 6.85. The molecule has 0 atom stereocenters. The van der Waals surface area contributed by atoms with E-state index in [1.54, 1.807) is 13.3 Å². The van der Waals surface area contributed by atoms with Crippen LogP contribution in [0, 0.1) is 0 Å². The molecule has 0 bridgehead atoms. The lowest BCUT2D eigenvalue weighted by Gasteiger charge is -2.22. The average molecular weight is 468 g/mol. The topological polar surface area (TPSA) is 77.6 Å². The molecule has 4 rings (SSSR count). The van der Waals surface area contributed by atoms with Crippen LogP contribution in [0.3, 0.4) is 0 Å². The Hall–Kier alpha value is -3.26. The van der Waals surface area contributed by atoms with Gasteiger partial charge in [0.05, 0.1) is 42.0 Å². The maximum absolute atomic E-state index is 12.3. The average Bonchev–Trinajstić information content (AvgIpc) is 3.43. The number of rotatable bonds is 9. The molecule has 0 unspecified atom stereocenters. The second-order valence-corrected chi connectivity index (χ2v) is 9.91. The number of aryl methyl sites for hydroxylation is 1. The lowest BCUT2D eigenvalue weighted by atomic mass is 10.0. The summed E-state index contributed by atoms with van der Waals surface area (Å²) < 4.78 is 39.5. The summed E-state index contributed by atoms with van der Waals surface area (Å²) in [4.78, 5) is 4.14. The van der Waals surface area contributed by atoms with Gasteiger partial charge in [0.15, 0.2) is 12.2 Å². The summed E-state index contributed by atoms with van der Waals surface area (Å²) in [6, 6.07) is 13.7. The molecule has 33 heavy (non-hydrogen) atoms. The van der Waals surface area contributed by atoms with Gasteiger partial charge < -0.3 is 13.7 Å². The maximum Gasteiger partial charge on any atom is 0.232 e. The van der Waals surface area contributed by atoms with E-state index in [0.29, 0.717) is 18.0 Å². The van der Waals surface area contributed by atoms with Crippen molar-refractivity contribution >= 4 is 26.6 Å². The summed E-state index contributed by atoms with van der Waals surface area (Å²) in [6.07, 6.45) is 6.08. The van der Waals surface area contributed by atoms with E-state index >= 15 is 0 Å². The van der Waals surface area contributed by atoms with Crippen molar-refractivity contribution in [3.63, 3.8) is 0 Å². The van der Waals surface area contributed by atoms with Gasteiger partial charge in [-0.05, 0) is 42.7 Å². The fraction of sp³-hybridized carbons (Fsp3) is 0.320. The predicted octanol–water partition coefficient (Wildman–Crippen LogP) is 5.56. The van der Waals surface area contributed by atoms with Crippen molar-refractivity contribution < 1.29 is 17.6 Å². The summed E-state index contributed by atoms with van der Waals surface area (Å²) in [5.41, 5.74) is 4.64. The van der Waals surface area contributed by atoms with Crippen LogP contribution < -0.4 is 9.04 Å². The predicted molar refractivity (Wildman–Crippen MR) is 132 cm³/mol. The smallest absolute Gasteiger partial charge is 0.232 e. The molecule has 2 aromatic heterocycles. The highest BCUT2D eigenvalue weighted by Gasteiger charge is 2.23. The third-order valence-electron chi connectivity index (χ3n) is 5.65. The normalized spacial score (nSPS) is 11.8. The summed E-state index contributed by atoms with van der Waals surface area (Å²) in [7, 11) is -1.69. The Balaban J connectivity index is 1.94. The summed E-state index contributed by atoms with van der Waals surface area (Å²) in [5, 5.41) is 1.05. The van der Waals surface area contributed by atoms with E-state index in [9.17, 15) is 8.42 Å². The number of methoxy groups -OCH3 is 1. The van der Waals surface area contributed by atoms with Gasteiger partial charge in [-0.2, -0.15) is 0 Å². The van der Waals surface area contributed by atoms with Gasteiger partial charge in [0, 0.05) is 24.5 Å². The van der Waals surface area contributed by atoms with Crippen LogP contribution in [-0.2, 0) is 16.6 Å². The first-order valence-electron chi connectivity index (χ1n) is 11.1. The van der Waals surface area contributed by atoms with Crippen molar-refractivity contribution in [2.75, 3.05) is 24.2 Å². The molecule has 7 nitrogen and oxygen atoms in total. The van der Waals surface area contributed by atoms with Gasteiger partial charge in [-0.1, -0.05) is 26.0 Å². The highest BCUT2D eigenvalue weighted by Crippen LogP contribution is 2.42. The largest absolute Gasteiger partial charge is 0.497 e. The van der Waals surface area contributed by atoms with Crippen LogP contribution in [0.5, 0.6) is 5.75 Å². The molecule has 8 heteroatoms. The molecular weight excluding hydrogens is 438 g/mol. The second-order valence-electron chi connectivity index (χ2n) is 8.01. The minimum absolute atomic E-state index is 0.442. The van der Waals surface area contributed by atoms with Crippen LogP contribution in [0.4, 0.5) is 5.69 Å². The fourth-order valence-corrected chi connectivity index (χ4v) is 5.29. The molecule has 0 spiro atoms. The van der Waals surface area contributed by atoms with Crippen LogP contribution in [0.15, 0.2) is 59.5 Å². The first kappa shape index (κ1) is 22.9. The molecule has 0 aliphatic heterocycles. The van der Waals surface area contributed by atoms with E-state index < -0.39 is 10.0 Å². The standard InChI is InChI=1S/C25H29N3O4S/c1-5-13-27-22-15-20(31-3)11-12-21(22)24(23-16-26-17-32-23)25(27)18-7-9-19(10-8-18)28(14-6-2)33(4,29)30/h7-12,15-17H,5-6,13-14H2,1-4H3. The quantitative estimate of drug-likeness (QED) is 0.322. The van der Waals surface area contributed by atoms with Crippen molar-refractivity contribution in [3.8, 4) is 28.3 Å². The number of ether oxygens (including phenoxy) is 1. The summed E-state index contributed by atoms with van der Waals surface area (Å²) in [6.45, 7) is 5.35. The van der Waals surface area contributed by atoms with Gasteiger partial charge in [0.2, 0.25) is 10.0 Å². The number of anilines is 1. The highest BCUT2D eigenvalue weighted by molar-refractivity contribution is 7.92. The zero-order chi connectivity index (χ0) is 23.6. The molecule has 0 fully saturated rings. The molecule has 174 valence electrons. The molecule has 2 heterocycles. The van der Waals surface area contributed by atoms with E-state index in [-0.39, 0.29) is 0 Å². The molecule has 0 amide bonds. The first-order chi connectivity index (χ1) is 15.9. The lowest BCUT2D eigenvalue weighted by molar-refractivity contribution is 0.415. The minimum atomic E-state index is -3.36. The minimum Gasteiger partial charge on any atom is -0.497 e. The van der Waals surface area contributed by atoms with Crippen LogP contribution in [0.1, 0.15) is 26.7 Å². The van der Waals surface area contributed by atoms with E-state index in [4.69, 9.17) is 9.15 Å². The Morgan fingerprint density at radius 2 is 1.85 bits per heavy atom. The van der Waals surface area contributed by atoms with Crippen molar-refractivity contribution in [2.45, 2.75) is 33.2 Å². The Bertz CT molecular complexity index is 1340. The molecular formula is C25H29N3O4S. The number of sulfonamides is 1. The van der Waals surface area contributed by atoms with Gasteiger partial charge in [-0.3, -0.25) is 4.31 Å². The van der Waals surface area contributed by atoms with Crippen LogP contribution in [0.25, 0.3) is 33.5 Å². The lowest BCUT2D eigenvalue weighted by Crippen LogP contribution is -2.30. The van der Waals surface area contributed by atoms with Crippen LogP contribution >= 0.6 is 0 Å². The zero-order valence-corrected chi connectivity index (χ0v) is 20.2.